The molecule has 0 radical (unpaired) electrons. The Morgan fingerprint density at radius 2 is 1.67 bits per heavy atom. The summed E-state index contributed by atoms with van der Waals surface area (Å²) in [5.41, 5.74) is 0. The fourth-order valence-electron chi connectivity index (χ4n) is 0. The molecule has 0 unspecified atom stereocenters. The molecule has 0 spiro atoms. The van der Waals surface area contributed by atoms with Gasteiger partial charge in [0.2, 0.25) is 0 Å². The van der Waals surface area contributed by atoms with Gasteiger partial charge in [0.1, 0.15) is 0 Å². The minimum atomic E-state index is -3.63. The molecule has 0 aliphatic heterocycles. The number of hydrogen-bond donors (Lipinski definition) is 1. The van der Waals surface area contributed by atoms with E-state index in [-0.39, 0.29) is 62.8 Å². The average Bonchev–Trinajstić information content (AvgIpc) is 0.811. The molecule has 0 rings (SSSR count). The van der Waals surface area contributed by atoms with Crippen LogP contribution in [-0.2, 0) is 4.46 Å². The zero-order chi connectivity index (χ0) is 3.58. The van der Waals surface area contributed by atoms with Gasteiger partial charge in [-0.2, -0.15) is 4.11 Å². The Kier molecular flexibility index (Phi) is 25.8. The van der Waals surface area contributed by atoms with E-state index in [1.165, 1.54) is 0 Å². The molecule has 0 aromatic carbocycles. The first-order valence-electron chi connectivity index (χ1n) is 0.617. The molecule has 6 heavy (non-hydrogen) atoms. The van der Waals surface area contributed by atoms with E-state index in [2.05, 4.69) is 0 Å². The number of halogens is 1. The van der Waals surface area contributed by atoms with Crippen molar-refractivity contribution in [3.05, 3.63) is 0 Å². The van der Waals surface area contributed by atoms with Crippen molar-refractivity contribution >= 4 is 72.1 Å². The maximum atomic E-state index is 10.1. The fraction of sp³-hybridized carbons (Fsp3) is 0. The molecular weight excluding hydrogens is 194 g/mol. The second-order valence-electron chi connectivity index (χ2n) is 0.253. The van der Waals surface area contributed by atoms with Gasteiger partial charge in [0, 0.05) is 0 Å². The van der Waals surface area contributed by atoms with Crippen molar-refractivity contribution in [2.75, 3.05) is 0 Å². The molecule has 0 aromatic rings. The second kappa shape index (κ2) is 9.90. The molecule has 0 atom stereocenters. The predicted octanol–water partition coefficient (Wildman–Crippen LogP) is -2.74. The van der Waals surface area contributed by atoms with Crippen LogP contribution >= 0.6 is 0 Å². The van der Waals surface area contributed by atoms with Gasteiger partial charge in [-0.15, -0.1) is 0 Å². The Bertz CT molecular complexity index is 36.5. The molecule has 0 saturated heterocycles. The van der Waals surface area contributed by atoms with E-state index < -0.39 is 9.26 Å². The first-order chi connectivity index (χ1) is 1.73. The molecular formula is H6AlFO2SiSr. The van der Waals surface area contributed by atoms with Crippen molar-refractivity contribution in [1.82, 2.24) is 0 Å². The van der Waals surface area contributed by atoms with Gasteiger partial charge in [-0.3, -0.25) is 4.46 Å². The monoisotopic (exact) mass is 200 g/mol. The van der Waals surface area contributed by atoms with E-state index in [1.54, 1.807) is 0 Å². The van der Waals surface area contributed by atoms with Crippen LogP contribution in [0.4, 0.5) is 4.11 Å². The van der Waals surface area contributed by atoms with E-state index in [1.807, 2.05) is 0 Å². The standard InChI is InChI=1S/Al.FHO2Si.Sr.5H/c;1-4(2)3;;;;;;/h;2H;;;;;;. The zero-order valence-electron chi connectivity index (χ0n) is 1.73. The Morgan fingerprint density at radius 1 is 1.67 bits per heavy atom. The van der Waals surface area contributed by atoms with Gasteiger partial charge >= 0.3 is 54.7 Å². The molecule has 0 aromatic heterocycles. The molecule has 0 aliphatic carbocycles. The Balaban J connectivity index is -0.0000000450. The fourth-order valence-corrected chi connectivity index (χ4v) is 0. The summed E-state index contributed by atoms with van der Waals surface area (Å²) in [6.07, 6.45) is 0. The van der Waals surface area contributed by atoms with Crippen molar-refractivity contribution in [3.8, 4) is 0 Å². The normalized spacial score (nSPS) is 4.17. The quantitative estimate of drug-likeness (QED) is 0.340. The zero-order valence-corrected chi connectivity index (χ0v) is 2.73. The Morgan fingerprint density at radius 3 is 1.67 bits per heavy atom. The first-order valence-corrected chi connectivity index (χ1v) is 1.85. The summed E-state index contributed by atoms with van der Waals surface area (Å²) >= 11 is 0. The molecule has 1 N–H and O–H groups in total. The van der Waals surface area contributed by atoms with Crippen molar-refractivity contribution in [3.63, 3.8) is 0 Å². The van der Waals surface area contributed by atoms with Gasteiger partial charge in [-0.1, -0.05) is 0 Å². The summed E-state index contributed by atoms with van der Waals surface area (Å²) in [5.74, 6) is 0. The predicted molar refractivity (Wildman–Crippen MR) is 28.3 cm³/mol. The van der Waals surface area contributed by atoms with E-state index in [9.17, 15) is 4.11 Å². The molecule has 0 saturated carbocycles. The molecule has 6 heteroatoms. The van der Waals surface area contributed by atoms with Gasteiger partial charge < -0.3 is 4.80 Å². The van der Waals surface area contributed by atoms with Gasteiger partial charge in [-0.25, -0.2) is 0 Å². The number of hydrogen-bond acceptors (Lipinski definition) is 1. The Hall–Kier alpha value is 1.76. The van der Waals surface area contributed by atoms with Crippen molar-refractivity contribution < 1.29 is 13.4 Å². The third-order valence-corrected chi connectivity index (χ3v) is 0. The van der Waals surface area contributed by atoms with Crippen LogP contribution in [0.3, 0.4) is 0 Å². The van der Waals surface area contributed by atoms with Crippen LogP contribution in [0.25, 0.3) is 0 Å². The van der Waals surface area contributed by atoms with E-state index in [0.29, 0.717) is 0 Å². The summed E-state index contributed by atoms with van der Waals surface area (Å²) in [6.45, 7) is 0. The molecule has 2 nitrogen and oxygen atoms in total. The van der Waals surface area contributed by atoms with E-state index in [4.69, 9.17) is 9.26 Å². The van der Waals surface area contributed by atoms with Crippen LogP contribution in [0.2, 0.25) is 0 Å². The number of rotatable bonds is 0. The van der Waals surface area contributed by atoms with Crippen molar-refractivity contribution in [2.45, 2.75) is 0 Å². The summed E-state index contributed by atoms with van der Waals surface area (Å²) in [4.78, 5) is 6.94. The van der Waals surface area contributed by atoms with Gasteiger partial charge in [0.05, 0.1) is 0 Å². The van der Waals surface area contributed by atoms with Crippen LogP contribution in [0, 0.1) is 0 Å². The summed E-state index contributed by atoms with van der Waals surface area (Å²) < 4.78 is 18.6. The summed E-state index contributed by atoms with van der Waals surface area (Å²) in [7, 11) is -3.63. The SMILES string of the molecule is O=[Si](O)F.[AlH3].[SrH2]. The molecule has 0 bridgehead atoms. The van der Waals surface area contributed by atoms with Crippen LogP contribution in [0.1, 0.15) is 0 Å². The first kappa shape index (κ1) is 15.7. The van der Waals surface area contributed by atoms with Crippen LogP contribution in [0.5, 0.6) is 0 Å². The van der Waals surface area contributed by atoms with Gasteiger partial charge in [0.15, 0.2) is 17.4 Å². The van der Waals surface area contributed by atoms with E-state index >= 15 is 0 Å². The third kappa shape index (κ3) is 42.1. The van der Waals surface area contributed by atoms with Crippen molar-refractivity contribution in [2.24, 2.45) is 0 Å². The second-order valence-corrected chi connectivity index (χ2v) is 0.759. The molecule has 0 fully saturated rings. The topological polar surface area (TPSA) is 37.3 Å². The van der Waals surface area contributed by atoms with Crippen LogP contribution < -0.4 is 0 Å². The van der Waals surface area contributed by atoms with E-state index in [0.717, 1.165) is 0 Å². The maximum absolute atomic E-state index is 10.1. The molecule has 0 aliphatic rings. The van der Waals surface area contributed by atoms with Gasteiger partial charge in [-0.05, 0) is 0 Å². The summed E-state index contributed by atoms with van der Waals surface area (Å²) in [6, 6.07) is 0. The molecule has 34 valence electrons. The average molecular weight is 200 g/mol. The summed E-state index contributed by atoms with van der Waals surface area (Å²) in [5, 5.41) is 0. The van der Waals surface area contributed by atoms with Crippen LogP contribution in [-0.4, -0.2) is 76.9 Å². The minimum absolute atomic E-state index is 0. The van der Waals surface area contributed by atoms with Crippen molar-refractivity contribution in [1.29, 1.82) is 0 Å². The van der Waals surface area contributed by atoms with Gasteiger partial charge in [0.25, 0.3) is 0 Å². The van der Waals surface area contributed by atoms with Crippen LogP contribution in [0.15, 0.2) is 0 Å². The molecule has 0 amide bonds. The Labute approximate surface area is 84.1 Å². The third-order valence-electron chi connectivity index (χ3n) is 0. The molecule has 0 heterocycles.